The second-order valence-corrected chi connectivity index (χ2v) is 32.7. The number of aliphatic hydroxyl groups is 3. The number of hydrogen-bond donors (Lipinski definition) is 17. The monoisotopic (exact) mass is 1520 g/mol. The first-order valence-corrected chi connectivity index (χ1v) is 36.4. The van der Waals surface area contributed by atoms with Gasteiger partial charge in [-0.15, -0.1) is 0 Å². The van der Waals surface area contributed by atoms with Crippen LogP contribution < -0.4 is 74.9 Å². The molecule has 2 aliphatic heterocycles. The molecule has 108 heavy (non-hydrogen) atoms. The van der Waals surface area contributed by atoms with Crippen molar-refractivity contribution in [1.29, 1.82) is 0 Å². The molecule has 0 aliphatic carbocycles. The van der Waals surface area contributed by atoms with Gasteiger partial charge in [0.05, 0.1) is 31.4 Å². The van der Waals surface area contributed by atoms with Crippen molar-refractivity contribution in [3.05, 3.63) is 35.9 Å². The van der Waals surface area contributed by atoms with Crippen molar-refractivity contribution in [3.8, 4) is 0 Å². The molecule has 0 bridgehead atoms. The summed E-state index contributed by atoms with van der Waals surface area (Å²) in [5.41, 5.74) is -5.85. The second-order valence-electron chi connectivity index (χ2n) is 32.7. The SMILES string of the molecule is CC[C@@](C)(NC(=O)[C@H](CCC(N)=O)NC(=O)[C@H]1C[C@H](O)CN1C(=O)C(C)(C)NC(=O)C(C)(C)NC(=O)[C@@H](CC(C)C)NC(=O)CNC(=O)[C@H](NC(=O)C(C)(C)NC(=O)C(C)(C)NC(=O)C(C)(C)NC(=O)[C@@H](NC(C)=O)C(C)C)C(C)C)C(=O)N1C[C@H](O)C[C@H]1C(=O)NC(C)(C)C(=O)N[C@H](CO)Cc1ccccc1. The van der Waals surface area contributed by atoms with E-state index in [1.807, 2.05) is 18.2 Å². The van der Waals surface area contributed by atoms with Gasteiger partial charge in [0.1, 0.15) is 75.0 Å². The molecule has 3 rings (SSSR count). The minimum Gasteiger partial charge on any atom is -0.394 e. The molecule has 16 amide bonds. The van der Waals surface area contributed by atoms with Crippen molar-refractivity contribution < 1.29 is 92.0 Å². The van der Waals surface area contributed by atoms with E-state index in [9.17, 15) is 92.0 Å². The quantitative estimate of drug-likeness (QED) is 0.0313. The van der Waals surface area contributed by atoms with Gasteiger partial charge in [-0.25, -0.2) is 0 Å². The Hall–Kier alpha value is -9.38. The van der Waals surface area contributed by atoms with Crippen LogP contribution in [0.3, 0.4) is 0 Å². The number of likely N-dealkylation sites (tertiary alicyclic amines) is 2. The van der Waals surface area contributed by atoms with Gasteiger partial charge < -0.3 is 100.0 Å². The molecule has 0 spiro atoms. The van der Waals surface area contributed by atoms with E-state index in [1.165, 1.54) is 96.9 Å². The van der Waals surface area contributed by atoms with Crippen LogP contribution in [-0.4, -0.2) is 239 Å². The third-order valence-corrected chi connectivity index (χ3v) is 18.7. The molecule has 1 aromatic rings. The Balaban J connectivity index is 1.71. The average molecular weight is 1530 g/mol. The number of β-amino-alcohol motifs (C(OH)–C–C–N with tert-alkyl or cyclic N) is 2. The second kappa shape index (κ2) is 38.1. The molecule has 0 aromatic heterocycles. The highest BCUT2D eigenvalue weighted by Gasteiger charge is 2.51. The summed E-state index contributed by atoms with van der Waals surface area (Å²) >= 11 is 0. The topological polar surface area (TPSA) is 523 Å². The van der Waals surface area contributed by atoms with Gasteiger partial charge in [0.2, 0.25) is 94.5 Å². The molecule has 2 heterocycles. The number of aliphatic hydroxyl groups excluding tert-OH is 3. The molecule has 0 radical (unpaired) electrons. The fraction of sp³-hybridized carbons (Fsp3) is 0.699. The molecule has 35 nitrogen and oxygen atoms in total. The number of benzene rings is 1. The van der Waals surface area contributed by atoms with Gasteiger partial charge in [0.15, 0.2) is 0 Å². The van der Waals surface area contributed by atoms with Gasteiger partial charge >= 0.3 is 0 Å². The Morgan fingerprint density at radius 3 is 1.41 bits per heavy atom. The van der Waals surface area contributed by atoms with E-state index in [1.54, 1.807) is 60.6 Å². The van der Waals surface area contributed by atoms with Crippen LogP contribution in [0.1, 0.15) is 189 Å². The number of amides is 16. The van der Waals surface area contributed by atoms with Crippen LogP contribution in [-0.2, 0) is 83.1 Å². The van der Waals surface area contributed by atoms with E-state index >= 15 is 0 Å². The third-order valence-electron chi connectivity index (χ3n) is 18.7. The fourth-order valence-corrected chi connectivity index (χ4v) is 11.8. The zero-order chi connectivity index (χ0) is 82.9. The minimum atomic E-state index is -1.90. The van der Waals surface area contributed by atoms with Crippen molar-refractivity contribution in [1.82, 2.24) is 78.9 Å². The summed E-state index contributed by atoms with van der Waals surface area (Å²) in [5.74, 6) is -14.2. The highest BCUT2D eigenvalue weighted by molar-refractivity contribution is 6.03. The molecule has 2 aliphatic rings. The largest absolute Gasteiger partial charge is 0.394 e. The van der Waals surface area contributed by atoms with Crippen LogP contribution in [0.2, 0.25) is 0 Å². The predicted octanol–water partition coefficient (Wildman–Crippen LogP) is -3.02. The lowest BCUT2D eigenvalue weighted by atomic mass is 9.94. The standard InChI is InChI=1S/C73H120N16O19/c1-22-73(21,66(108)89-36-45(93)33-49(89)57(99)82-67(9,10)60(102)77-43(37-90)31-42-26-24-23-25-27-42)84-54(96)46(28-29-50(74)94)79-56(98)48-32-44(92)35-88(48)65(107)72(19,20)87-63(105)69(13,14)81-55(97)47(30-38(2)3)78-51(95)34-75-58(100)52(39(4)5)80-61(103)68(11,12)85-64(106)71(17,18)86-62(104)70(15,16)83-59(101)53(40(6)7)76-41(8)91/h23-27,38-40,43-49,52-53,90,92-93H,22,28-37H2,1-21H3,(H2,74,94)(H,75,100)(H,76,91)(H,77,102)(H,78,95)(H,79,98)(H,80,103)(H,81,97)(H,82,99)(H,83,101)(H,84,96)(H,85,106)(H,86,104)(H,87,105)/t43-,44-,45+,46-,47+,48+,49-,52+,53-,73+/m0/s1. The lowest BCUT2D eigenvalue weighted by molar-refractivity contribution is -0.147. The van der Waals surface area contributed by atoms with Crippen LogP contribution in [0.25, 0.3) is 0 Å². The summed E-state index contributed by atoms with van der Waals surface area (Å²) in [5, 5.41) is 65.6. The summed E-state index contributed by atoms with van der Waals surface area (Å²) in [4.78, 5) is 221. The van der Waals surface area contributed by atoms with Crippen LogP contribution in [0.15, 0.2) is 30.3 Å². The predicted molar refractivity (Wildman–Crippen MR) is 396 cm³/mol. The highest BCUT2D eigenvalue weighted by Crippen LogP contribution is 2.28. The summed E-state index contributed by atoms with van der Waals surface area (Å²) in [7, 11) is 0. The number of primary amides is 1. The summed E-state index contributed by atoms with van der Waals surface area (Å²) in [6.45, 7) is 28.7. The third kappa shape index (κ3) is 26.5. The molecule has 0 saturated carbocycles. The first-order chi connectivity index (χ1) is 49.5. The lowest BCUT2D eigenvalue weighted by Gasteiger charge is -2.37. The summed E-state index contributed by atoms with van der Waals surface area (Å²) in [6, 6.07) is 0.333. The molecule has 35 heteroatoms. The van der Waals surface area contributed by atoms with E-state index in [2.05, 4.69) is 69.1 Å². The maximum atomic E-state index is 14.6. The Labute approximate surface area is 632 Å². The van der Waals surface area contributed by atoms with Gasteiger partial charge in [-0.3, -0.25) is 76.7 Å². The molecule has 2 fully saturated rings. The van der Waals surface area contributed by atoms with E-state index < -0.39 is 226 Å². The zero-order valence-electron chi connectivity index (χ0n) is 66.4. The van der Waals surface area contributed by atoms with E-state index in [-0.39, 0.29) is 50.5 Å². The van der Waals surface area contributed by atoms with E-state index in [0.717, 1.165) is 15.4 Å². The number of nitrogens with zero attached hydrogens (tertiary/aromatic N) is 2. The number of nitrogens with one attached hydrogen (secondary N) is 13. The number of rotatable bonds is 38. The van der Waals surface area contributed by atoms with Crippen LogP contribution in [0, 0.1) is 17.8 Å². The van der Waals surface area contributed by atoms with Crippen LogP contribution in [0.5, 0.6) is 0 Å². The van der Waals surface area contributed by atoms with Crippen molar-refractivity contribution in [2.75, 3.05) is 26.2 Å². The maximum Gasteiger partial charge on any atom is 0.248 e. The molecule has 606 valence electrons. The fourth-order valence-electron chi connectivity index (χ4n) is 11.8. The number of carbonyl (C=O) groups excluding carboxylic acids is 16. The molecule has 10 atom stereocenters. The Morgan fingerprint density at radius 2 is 0.935 bits per heavy atom. The molecule has 2 saturated heterocycles. The Kier molecular flexibility index (Phi) is 32.8. The van der Waals surface area contributed by atoms with E-state index in [0.29, 0.717) is 0 Å². The van der Waals surface area contributed by atoms with Crippen molar-refractivity contribution >= 4 is 94.5 Å². The normalized spacial score (nSPS) is 18.3. The number of hydrogen-bond acceptors (Lipinski definition) is 19. The number of nitrogens with two attached hydrogens (primary N) is 1. The molecular formula is C73H120N16O19. The van der Waals surface area contributed by atoms with Gasteiger partial charge in [-0.2, -0.15) is 0 Å². The first kappa shape index (κ1) is 92.8. The Morgan fingerprint density at radius 1 is 0.500 bits per heavy atom. The van der Waals surface area contributed by atoms with Crippen LogP contribution >= 0.6 is 0 Å². The van der Waals surface area contributed by atoms with Crippen LogP contribution in [0.4, 0.5) is 0 Å². The molecule has 0 unspecified atom stereocenters. The average Bonchev–Trinajstić information content (AvgIpc) is 1.58. The first-order valence-electron chi connectivity index (χ1n) is 36.4. The minimum absolute atomic E-state index is 0.0193. The van der Waals surface area contributed by atoms with Gasteiger partial charge in [0, 0.05) is 39.3 Å². The zero-order valence-corrected chi connectivity index (χ0v) is 66.4. The molecule has 18 N–H and O–H groups in total. The van der Waals surface area contributed by atoms with Gasteiger partial charge in [-0.1, -0.05) is 78.8 Å². The molecular weight excluding hydrogens is 1400 g/mol. The van der Waals surface area contributed by atoms with Crippen molar-refractivity contribution in [3.63, 3.8) is 0 Å². The van der Waals surface area contributed by atoms with Gasteiger partial charge in [0.25, 0.3) is 0 Å². The lowest BCUT2D eigenvalue weighted by Crippen LogP contribution is -2.67. The smallest absolute Gasteiger partial charge is 0.248 e. The van der Waals surface area contributed by atoms with Crippen molar-refractivity contribution in [2.24, 2.45) is 23.5 Å². The summed E-state index contributed by atoms with van der Waals surface area (Å²) < 4.78 is 0. The highest BCUT2D eigenvalue weighted by atomic mass is 16.3. The number of carbonyl (C=O) groups is 16. The summed E-state index contributed by atoms with van der Waals surface area (Å²) in [6.07, 6.45) is -3.84. The van der Waals surface area contributed by atoms with Crippen molar-refractivity contribution in [2.45, 2.75) is 284 Å². The maximum absolute atomic E-state index is 14.6. The Bertz CT molecular complexity index is 3480. The molecule has 1 aromatic carbocycles. The van der Waals surface area contributed by atoms with E-state index in [4.69, 9.17) is 5.73 Å². The van der Waals surface area contributed by atoms with Gasteiger partial charge in [-0.05, 0) is 139 Å².